The number of nitrogens with two attached hydrogens (primary N) is 1. The summed E-state index contributed by atoms with van der Waals surface area (Å²) in [5.41, 5.74) is 6.97. The van der Waals surface area contributed by atoms with E-state index in [1.807, 2.05) is 0 Å². The van der Waals surface area contributed by atoms with Crippen LogP contribution in [0.15, 0.2) is 23.7 Å². The third-order valence-corrected chi connectivity index (χ3v) is 2.45. The third kappa shape index (κ3) is 2.14. The maximum Gasteiger partial charge on any atom is 0.257 e. The second-order valence-electron chi connectivity index (χ2n) is 2.93. The number of nitrogens with one attached hydrogen (secondary N) is 1. The van der Waals surface area contributed by atoms with Crippen molar-refractivity contribution in [2.24, 2.45) is 0 Å². The van der Waals surface area contributed by atoms with Crippen LogP contribution in [-0.4, -0.2) is 16.1 Å². The van der Waals surface area contributed by atoms with E-state index in [0.717, 1.165) is 6.07 Å². The Labute approximate surface area is 94.1 Å². The van der Waals surface area contributed by atoms with Gasteiger partial charge in [0.05, 0.1) is 5.69 Å². The number of aromatic nitrogens is 2. The second kappa shape index (κ2) is 4.23. The first-order valence-electron chi connectivity index (χ1n) is 4.29. The standard InChI is InChI=1S/C9H7FN4OS/c10-6-3-5(1-2-7(6)11)8(15)13-9-14-12-4-16-9/h1-4H,11H2,(H,13,14,15). The lowest BCUT2D eigenvalue weighted by atomic mass is 10.2. The molecule has 0 unspecified atom stereocenters. The minimum absolute atomic E-state index is 0.00691. The number of carbonyl (C=O) groups excluding carboxylic acids is 1. The number of halogens is 1. The second-order valence-corrected chi connectivity index (χ2v) is 3.77. The molecule has 7 heteroatoms. The first-order valence-corrected chi connectivity index (χ1v) is 5.17. The van der Waals surface area contributed by atoms with Gasteiger partial charge in [0.15, 0.2) is 0 Å². The van der Waals surface area contributed by atoms with Gasteiger partial charge in [0.25, 0.3) is 5.91 Å². The van der Waals surface area contributed by atoms with E-state index < -0.39 is 11.7 Å². The fourth-order valence-corrected chi connectivity index (χ4v) is 1.51. The molecule has 3 N–H and O–H groups in total. The molecular formula is C9H7FN4OS. The van der Waals surface area contributed by atoms with Crippen molar-refractivity contribution in [2.75, 3.05) is 11.1 Å². The van der Waals surface area contributed by atoms with E-state index in [2.05, 4.69) is 15.5 Å². The molecule has 0 spiro atoms. The summed E-state index contributed by atoms with van der Waals surface area (Å²) < 4.78 is 13.1. The Balaban J connectivity index is 2.18. The van der Waals surface area contributed by atoms with Crippen molar-refractivity contribution in [3.8, 4) is 0 Å². The molecule has 0 saturated heterocycles. The normalized spacial score (nSPS) is 10.1. The molecule has 82 valence electrons. The maximum atomic E-state index is 13.1. The minimum Gasteiger partial charge on any atom is -0.396 e. The highest BCUT2D eigenvalue weighted by Gasteiger charge is 2.09. The van der Waals surface area contributed by atoms with Gasteiger partial charge in [-0.25, -0.2) is 4.39 Å². The highest BCUT2D eigenvalue weighted by atomic mass is 32.1. The van der Waals surface area contributed by atoms with Crippen molar-refractivity contribution in [1.29, 1.82) is 0 Å². The average molecular weight is 238 g/mol. The summed E-state index contributed by atoms with van der Waals surface area (Å²) in [6, 6.07) is 3.85. The summed E-state index contributed by atoms with van der Waals surface area (Å²) in [7, 11) is 0. The number of hydrogen-bond acceptors (Lipinski definition) is 5. The maximum absolute atomic E-state index is 13.1. The van der Waals surface area contributed by atoms with E-state index in [4.69, 9.17) is 5.73 Å². The molecule has 1 amide bonds. The molecule has 0 bridgehead atoms. The SMILES string of the molecule is Nc1ccc(C(=O)Nc2nncs2)cc1F. The van der Waals surface area contributed by atoms with Gasteiger partial charge in [0.2, 0.25) is 5.13 Å². The lowest BCUT2D eigenvalue weighted by molar-refractivity contribution is 0.102. The number of anilines is 2. The molecule has 1 aromatic carbocycles. The zero-order chi connectivity index (χ0) is 11.5. The van der Waals surface area contributed by atoms with Crippen molar-refractivity contribution >= 4 is 28.1 Å². The smallest absolute Gasteiger partial charge is 0.257 e. The Morgan fingerprint density at radius 1 is 1.50 bits per heavy atom. The quantitative estimate of drug-likeness (QED) is 0.777. The summed E-state index contributed by atoms with van der Waals surface area (Å²) >= 11 is 1.18. The molecular weight excluding hydrogens is 231 g/mol. The van der Waals surface area contributed by atoms with Crippen molar-refractivity contribution in [3.63, 3.8) is 0 Å². The van der Waals surface area contributed by atoms with Crippen LogP contribution in [0.3, 0.4) is 0 Å². The van der Waals surface area contributed by atoms with Crippen LogP contribution in [0.4, 0.5) is 15.2 Å². The van der Waals surface area contributed by atoms with E-state index in [-0.39, 0.29) is 11.3 Å². The third-order valence-electron chi connectivity index (χ3n) is 1.84. The number of nitrogen functional groups attached to an aromatic ring is 1. The Hall–Kier alpha value is -2.02. The predicted molar refractivity (Wildman–Crippen MR) is 58.7 cm³/mol. The van der Waals surface area contributed by atoms with E-state index in [1.165, 1.54) is 29.0 Å². The van der Waals surface area contributed by atoms with Crippen LogP contribution < -0.4 is 11.1 Å². The first kappa shape index (κ1) is 10.5. The highest BCUT2D eigenvalue weighted by molar-refractivity contribution is 7.13. The first-order chi connectivity index (χ1) is 7.66. The molecule has 1 aromatic heterocycles. The van der Waals surface area contributed by atoms with E-state index in [9.17, 15) is 9.18 Å². The fraction of sp³-hybridized carbons (Fsp3) is 0. The molecule has 0 atom stereocenters. The van der Waals surface area contributed by atoms with Crippen LogP contribution in [0.25, 0.3) is 0 Å². The molecule has 0 radical (unpaired) electrons. The Morgan fingerprint density at radius 2 is 2.31 bits per heavy atom. The predicted octanol–water partition coefficient (Wildman–Crippen LogP) is 1.51. The van der Waals surface area contributed by atoms with Gasteiger partial charge in [-0.2, -0.15) is 0 Å². The summed E-state index contributed by atoms with van der Waals surface area (Å²) in [6.45, 7) is 0. The van der Waals surface area contributed by atoms with Gasteiger partial charge < -0.3 is 5.73 Å². The van der Waals surface area contributed by atoms with Crippen molar-refractivity contribution < 1.29 is 9.18 Å². The van der Waals surface area contributed by atoms with E-state index in [0.29, 0.717) is 5.13 Å². The van der Waals surface area contributed by atoms with Crippen molar-refractivity contribution in [2.45, 2.75) is 0 Å². The van der Waals surface area contributed by atoms with Gasteiger partial charge >= 0.3 is 0 Å². The molecule has 0 aliphatic carbocycles. The minimum atomic E-state index is -0.620. The summed E-state index contributed by atoms with van der Waals surface area (Å²) in [5, 5.41) is 10.0. The van der Waals surface area contributed by atoms with Gasteiger partial charge in [0, 0.05) is 5.56 Å². The fourth-order valence-electron chi connectivity index (χ4n) is 1.07. The summed E-state index contributed by atoms with van der Waals surface area (Å²) in [4.78, 5) is 11.6. The van der Waals surface area contributed by atoms with Gasteiger partial charge in [-0.15, -0.1) is 10.2 Å². The Kier molecular flexibility index (Phi) is 2.78. The van der Waals surface area contributed by atoms with Crippen LogP contribution in [0, 0.1) is 5.82 Å². The van der Waals surface area contributed by atoms with Crippen LogP contribution in [0.1, 0.15) is 10.4 Å². The van der Waals surface area contributed by atoms with Crippen LogP contribution in [-0.2, 0) is 0 Å². The topological polar surface area (TPSA) is 80.9 Å². The molecule has 5 nitrogen and oxygen atoms in total. The van der Waals surface area contributed by atoms with Gasteiger partial charge in [-0.3, -0.25) is 10.1 Å². The van der Waals surface area contributed by atoms with Crippen LogP contribution in [0.5, 0.6) is 0 Å². The van der Waals surface area contributed by atoms with Gasteiger partial charge in [-0.1, -0.05) is 11.3 Å². The number of hydrogen-bond donors (Lipinski definition) is 2. The molecule has 1 heterocycles. The number of amides is 1. The van der Waals surface area contributed by atoms with Gasteiger partial charge in [0.1, 0.15) is 11.3 Å². The van der Waals surface area contributed by atoms with Gasteiger partial charge in [-0.05, 0) is 18.2 Å². The van der Waals surface area contributed by atoms with Crippen molar-refractivity contribution in [3.05, 3.63) is 35.1 Å². The lowest BCUT2D eigenvalue weighted by Crippen LogP contribution is -2.12. The molecule has 0 saturated carbocycles. The Morgan fingerprint density at radius 3 is 2.94 bits per heavy atom. The number of carbonyl (C=O) groups is 1. The largest absolute Gasteiger partial charge is 0.396 e. The zero-order valence-electron chi connectivity index (χ0n) is 7.98. The molecule has 2 aromatic rings. The van der Waals surface area contributed by atoms with Crippen LogP contribution >= 0.6 is 11.3 Å². The summed E-state index contributed by atoms with van der Waals surface area (Å²) in [5.74, 6) is -1.07. The molecule has 0 fully saturated rings. The molecule has 16 heavy (non-hydrogen) atoms. The highest BCUT2D eigenvalue weighted by Crippen LogP contribution is 2.14. The molecule has 0 aliphatic heterocycles. The Bertz CT molecular complexity index is 514. The van der Waals surface area contributed by atoms with Crippen LogP contribution in [0.2, 0.25) is 0 Å². The number of rotatable bonds is 2. The summed E-state index contributed by atoms with van der Waals surface area (Å²) in [6.07, 6.45) is 0. The average Bonchev–Trinajstić information content (AvgIpc) is 2.74. The molecule has 2 rings (SSSR count). The van der Waals surface area contributed by atoms with Crippen molar-refractivity contribution in [1.82, 2.24) is 10.2 Å². The van der Waals surface area contributed by atoms with E-state index >= 15 is 0 Å². The number of nitrogens with zero attached hydrogens (tertiary/aromatic N) is 2. The number of benzene rings is 1. The molecule has 0 aliphatic rings. The monoisotopic (exact) mass is 238 g/mol. The van der Waals surface area contributed by atoms with E-state index in [1.54, 1.807) is 0 Å². The lowest BCUT2D eigenvalue weighted by Gasteiger charge is -2.02. The zero-order valence-corrected chi connectivity index (χ0v) is 8.79.